The standard InChI is InChI=1S/C15H18FN5O/c16-11-8-4-5-9-12(11)18-14-13(19-21-20-14)15(22)17-10-6-2-1-3-7-10/h4-5,8-10H,1-3,6-7H2,(H,17,22)(H2,18,19,20,21). The van der Waals surface area contributed by atoms with Crippen molar-refractivity contribution in [2.45, 2.75) is 38.1 Å². The average molecular weight is 303 g/mol. The number of anilines is 2. The SMILES string of the molecule is O=C(NC1CCCCC1)c1n[nH]nc1Nc1ccccc1F. The predicted octanol–water partition coefficient (Wildman–Crippen LogP) is 2.75. The molecule has 1 aromatic heterocycles. The molecule has 116 valence electrons. The second-order valence-electron chi connectivity index (χ2n) is 5.43. The van der Waals surface area contributed by atoms with Crippen LogP contribution in [0.4, 0.5) is 15.9 Å². The zero-order chi connectivity index (χ0) is 15.4. The van der Waals surface area contributed by atoms with E-state index in [9.17, 15) is 9.18 Å². The van der Waals surface area contributed by atoms with Gasteiger partial charge in [-0.3, -0.25) is 4.79 Å². The lowest BCUT2D eigenvalue weighted by molar-refractivity contribution is 0.0923. The van der Waals surface area contributed by atoms with Gasteiger partial charge in [-0.15, -0.1) is 10.2 Å². The number of benzene rings is 1. The van der Waals surface area contributed by atoms with Crippen LogP contribution in [0.2, 0.25) is 0 Å². The van der Waals surface area contributed by atoms with Crippen molar-refractivity contribution < 1.29 is 9.18 Å². The molecule has 1 fully saturated rings. The van der Waals surface area contributed by atoms with Crippen LogP contribution in [-0.4, -0.2) is 27.4 Å². The van der Waals surface area contributed by atoms with Crippen molar-refractivity contribution in [3.8, 4) is 0 Å². The molecule has 22 heavy (non-hydrogen) atoms. The Morgan fingerprint density at radius 3 is 2.73 bits per heavy atom. The van der Waals surface area contributed by atoms with Gasteiger partial charge in [-0.25, -0.2) is 4.39 Å². The van der Waals surface area contributed by atoms with E-state index >= 15 is 0 Å². The predicted molar refractivity (Wildman–Crippen MR) is 80.4 cm³/mol. The zero-order valence-corrected chi connectivity index (χ0v) is 12.1. The van der Waals surface area contributed by atoms with Gasteiger partial charge in [0, 0.05) is 6.04 Å². The minimum atomic E-state index is -0.413. The van der Waals surface area contributed by atoms with Crippen LogP contribution >= 0.6 is 0 Å². The summed E-state index contributed by atoms with van der Waals surface area (Å²) in [4.78, 5) is 12.3. The molecule has 0 aliphatic heterocycles. The topological polar surface area (TPSA) is 82.7 Å². The average Bonchev–Trinajstić information content (AvgIpc) is 2.99. The first-order valence-corrected chi connectivity index (χ1v) is 7.47. The molecule has 1 amide bonds. The Bertz CT molecular complexity index is 651. The van der Waals surface area contributed by atoms with Crippen LogP contribution in [0.3, 0.4) is 0 Å². The Kier molecular flexibility index (Phi) is 4.32. The molecule has 1 aliphatic carbocycles. The Morgan fingerprint density at radius 1 is 1.18 bits per heavy atom. The maximum Gasteiger partial charge on any atom is 0.275 e. The first kappa shape index (κ1) is 14.5. The smallest absolute Gasteiger partial charge is 0.275 e. The summed E-state index contributed by atoms with van der Waals surface area (Å²) >= 11 is 0. The van der Waals surface area contributed by atoms with Crippen molar-refractivity contribution >= 4 is 17.4 Å². The first-order chi connectivity index (χ1) is 10.7. The number of aromatic nitrogens is 3. The Balaban J connectivity index is 1.71. The van der Waals surface area contributed by atoms with Crippen LogP contribution in [0.25, 0.3) is 0 Å². The first-order valence-electron chi connectivity index (χ1n) is 7.47. The fourth-order valence-corrected chi connectivity index (χ4v) is 2.67. The molecule has 1 saturated carbocycles. The quantitative estimate of drug-likeness (QED) is 0.811. The molecule has 0 spiro atoms. The molecule has 6 nitrogen and oxygen atoms in total. The normalized spacial score (nSPS) is 15.5. The Morgan fingerprint density at radius 2 is 1.95 bits per heavy atom. The van der Waals surface area contributed by atoms with Crippen molar-refractivity contribution in [2.75, 3.05) is 5.32 Å². The lowest BCUT2D eigenvalue weighted by Crippen LogP contribution is -2.36. The number of H-pyrrole nitrogens is 1. The van der Waals surface area contributed by atoms with E-state index in [4.69, 9.17) is 0 Å². The van der Waals surface area contributed by atoms with Crippen molar-refractivity contribution in [3.63, 3.8) is 0 Å². The van der Waals surface area contributed by atoms with E-state index in [1.165, 1.54) is 12.5 Å². The molecule has 0 atom stereocenters. The third-order valence-electron chi connectivity index (χ3n) is 3.83. The minimum Gasteiger partial charge on any atom is -0.348 e. The van der Waals surface area contributed by atoms with Crippen molar-refractivity contribution in [3.05, 3.63) is 35.8 Å². The van der Waals surface area contributed by atoms with Crippen LogP contribution in [0.5, 0.6) is 0 Å². The summed E-state index contributed by atoms with van der Waals surface area (Å²) in [7, 11) is 0. The van der Waals surface area contributed by atoms with Gasteiger partial charge < -0.3 is 10.6 Å². The molecule has 0 bridgehead atoms. The number of carbonyl (C=O) groups is 1. The molecule has 1 aliphatic rings. The number of halogens is 1. The summed E-state index contributed by atoms with van der Waals surface area (Å²) in [6.45, 7) is 0. The molecule has 2 aromatic rings. The number of nitrogens with zero attached hydrogens (tertiary/aromatic N) is 2. The fourth-order valence-electron chi connectivity index (χ4n) is 2.67. The molecule has 0 radical (unpaired) electrons. The summed E-state index contributed by atoms with van der Waals surface area (Å²) < 4.78 is 13.7. The zero-order valence-electron chi connectivity index (χ0n) is 12.1. The third kappa shape index (κ3) is 3.24. The maximum atomic E-state index is 13.7. The van der Waals surface area contributed by atoms with Crippen molar-refractivity contribution in [1.29, 1.82) is 0 Å². The Labute approximate surface area is 127 Å². The number of aromatic amines is 1. The van der Waals surface area contributed by atoms with Crippen molar-refractivity contribution in [2.24, 2.45) is 0 Å². The van der Waals surface area contributed by atoms with E-state index in [0.717, 1.165) is 25.7 Å². The molecular formula is C15H18FN5O. The monoisotopic (exact) mass is 303 g/mol. The van der Waals surface area contributed by atoms with Gasteiger partial charge in [-0.1, -0.05) is 31.4 Å². The highest BCUT2D eigenvalue weighted by Crippen LogP contribution is 2.21. The lowest BCUT2D eigenvalue weighted by atomic mass is 9.95. The molecule has 1 heterocycles. The summed E-state index contributed by atoms with van der Waals surface area (Å²) in [5.74, 6) is -0.484. The lowest BCUT2D eigenvalue weighted by Gasteiger charge is -2.22. The number of amides is 1. The molecule has 0 unspecified atom stereocenters. The number of para-hydroxylation sites is 1. The van der Waals surface area contributed by atoms with Gasteiger partial charge in [0.25, 0.3) is 5.91 Å². The summed E-state index contributed by atoms with van der Waals surface area (Å²) in [6.07, 6.45) is 5.45. The highest BCUT2D eigenvalue weighted by Gasteiger charge is 2.21. The largest absolute Gasteiger partial charge is 0.348 e. The second-order valence-corrected chi connectivity index (χ2v) is 5.43. The van der Waals surface area contributed by atoms with Gasteiger partial charge in [0.15, 0.2) is 11.5 Å². The van der Waals surface area contributed by atoms with E-state index in [1.54, 1.807) is 18.2 Å². The number of hydrogen-bond donors (Lipinski definition) is 3. The molecule has 3 N–H and O–H groups in total. The van der Waals surface area contributed by atoms with E-state index in [2.05, 4.69) is 26.0 Å². The van der Waals surface area contributed by atoms with Gasteiger partial charge in [-0.2, -0.15) is 5.21 Å². The number of carbonyl (C=O) groups excluding carboxylic acids is 1. The number of rotatable bonds is 4. The van der Waals surface area contributed by atoms with Gasteiger partial charge in [0.1, 0.15) is 5.82 Å². The van der Waals surface area contributed by atoms with Gasteiger partial charge in [-0.05, 0) is 25.0 Å². The highest BCUT2D eigenvalue weighted by atomic mass is 19.1. The Hall–Kier alpha value is -2.44. The fraction of sp³-hybridized carbons (Fsp3) is 0.400. The van der Waals surface area contributed by atoms with Crippen LogP contribution in [0, 0.1) is 5.82 Å². The van der Waals surface area contributed by atoms with E-state index in [1.807, 2.05) is 0 Å². The number of hydrogen-bond acceptors (Lipinski definition) is 4. The summed E-state index contributed by atoms with van der Waals surface area (Å²) in [5.41, 5.74) is 0.400. The summed E-state index contributed by atoms with van der Waals surface area (Å²) in [6, 6.07) is 6.39. The molecule has 1 aromatic carbocycles. The van der Waals surface area contributed by atoms with Gasteiger partial charge >= 0.3 is 0 Å². The summed E-state index contributed by atoms with van der Waals surface area (Å²) in [5, 5.41) is 15.9. The van der Waals surface area contributed by atoms with Crippen LogP contribution in [0.1, 0.15) is 42.6 Å². The van der Waals surface area contributed by atoms with Crippen LogP contribution < -0.4 is 10.6 Å². The highest BCUT2D eigenvalue weighted by molar-refractivity contribution is 5.97. The molecule has 0 saturated heterocycles. The second kappa shape index (κ2) is 6.55. The maximum absolute atomic E-state index is 13.7. The van der Waals surface area contributed by atoms with E-state index < -0.39 is 5.82 Å². The van der Waals surface area contributed by atoms with E-state index in [-0.39, 0.29) is 29.1 Å². The third-order valence-corrected chi connectivity index (χ3v) is 3.83. The molecule has 3 rings (SSSR count). The van der Waals surface area contributed by atoms with Crippen LogP contribution in [-0.2, 0) is 0 Å². The number of nitrogens with one attached hydrogen (secondary N) is 3. The van der Waals surface area contributed by atoms with Crippen LogP contribution in [0.15, 0.2) is 24.3 Å². The van der Waals surface area contributed by atoms with E-state index in [0.29, 0.717) is 0 Å². The van der Waals surface area contributed by atoms with Crippen molar-refractivity contribution in [1.82, 2.24) is 20.7 Å². The minimum absolute atomic E-state index is 0.147. The van der Waals surface area contributed by atoms with Gasteiger partial charge in [0.05, 0.1) is 5.69 Å². The molecular weight excluding hydrogens is 285 g/mol. The molecule has 7 heteroatoms. The van der Waals surface area contributed by atoms with Gasteiger partial charge in [0.2, 0.25) is 0 Å².